The highest BCUT2D eigenvalue weighted by atomic mass is 35.5. The molecule has 0 unspecified atom stereocenters. The average Bonchev–Trinajstić information content (AvgIpc) is 2.98. The normalized spacial score (nSPS) is 17.7. The molecule has 7 nitrogen and oxygen atoms in total. The summed E-state index contributed by atoms with van der Waals surface area (Å²) in [5.41, 5.74) is 2.32. The second kappa shape index (κ2) is 8.31. The molecule has 1 aliphatic carbocycles. The van der Waals surface area contributed by atoms with Gasteiger partial charge in [0.15, 0.2) is 5.69 Å². The Morgan fingerprint density at radius 2 is 2.00 bits per heavy atom. The maximum absolute atomic E-state index is 12.2. The minimum Gasteiger partial charge on any atom is -0.352 e. The van der Waals surface area contributed by atoms with E-state index in [9.17, 15) is 9.59 Å². The van der Waals surface area contributed by atoms with Crippen LogP contribution in [0, 0.1) is 0 Å². The highest BCUT2D eigenvalue weighted by Gasteiger charge is 2.22. The molecule has 1 saturated carbocycles. The minimum atomic E-state index is -0.292. The molecule has 1 aromatic heterocycles. The summed E-state index contributed by atoms with van der Waals surface area (Å²) in [6.45, 7) is 1.54. The van der Waals surface area contributed by atoms with Gasteiger partial charge in [-0.25, -0.2) is 0 Å². The molecule has 2 aliphatic rings. The van der Waals surface area contributed by atoms with Crippen molar-refractivity contribution in [2.75, 3.05) is 13.1 Å². The summed E-state index contributed by atoms with van der Waals surface area (Å²) in [4.78, 5) is 24.1. The lowest BCUT2D eigenvalue weighted by atomic mass is 9.95. The lowest BCUT2D eigenvalue weighted by molar-refractivity contribution is -0.121. The molecule has 3 rings (SSSR count). The van der Waals surface area contributed by atoms with Gasteiger partial charge < -0.3 is 16.0 Å². The molecule has 0 radical (unpaired) electrons. The zero-order chi connectivity index (χ0) is 15.4. The fourth-order valence-electron chi connectivity index (χ4n) is 3.18. The third-order valence-electron chi connectivity index (χ3n) is 4.40. The Kier molecular flexibility index (Phi) is 6.41. The van der Waals surface area contributed by atoms with E-state index in [4.69, 9.17) is 0 Å². The van der Waals surface area contributed by atoms with Crippen molar-refractivity contribution in [2.45, 2.75) is 51.1 Å². The Bertz CT molecular complexity index is 554. The number of aromatic amines is 1. The Labute approximate surface area is 141 Å². The molecule has 23 heavy (non-hydrogen) atoms. The van der Waals surface area contributed by atoms with Gasteiger partial charge in [-0.15, -0.1) is 12.4 Å². The Balaban J connectivity index is 0.00000192. The van der Waals surface area contributed by atoms with Crippen LogP contribution in [0.2, 0.25) is 0 Å². The second-order valence-corrected chi connectivity index (χ2v) is 6.04. The number of amides is 2. The number of nitrogens with one attached hydrogen (secondary N) is 4. The van der Waals surface area contributed by atoms with Crippen LogP contribution >= 0.6 is 12.4 Å². The molecule has 2 amide bonds. The molecular formula is C15H24ClN5O2. The molecule has 4 N–H and O–H groups in total. The molecule has 0 saturated heterocycles. The first-order valence-electron chi connectivity index (χ1n) is 8.08. The van der Waals surface area contributed by atoms with Gasteiger partial charge in [-0.2, -0.15) is 5.10 Å². The van der Waals surface area contributed by atoms with E-state index in [1.807, 2.05) is 0 Å². The first-order chi connectivity index (χ1) is 10.7. The zero-order valence-corrected chi connectivity index (χ0v) is 13.9. The fraction of sp³-hybridized carbons (Fsp3) is 0.667. The number of rotatable bonds is 4. The summed E-state index contributed by atoms with van der Waals surface area (Å²) >= 11 is 0. The summed E-state index contributed by atoms with van der Waals surface area (Å²) in [7, 11) is 0. The lowest BCUT2D eigenvalue weighted by Gasteiger charge is -2.22. The van der Waals surface area contributed by atoms with Crippen LogP contribution in [0.3, 0.4) is 0 Å². The molecular weight excluding hydrogens is 318 g/mol. The maximum atomic E-state index is 12.2. The molecule has 0 spiro atoms. The van der Waals surface area contributed by atoms with Gasteiger partial charge in [0, 0.05) is 36.8 Å². The van der Waals surface area contributed by atoms with Crippen LogP contribution in [0.15, 0.2) is 0 Å². The molecule has 1 fully saturated rings. The molecule has 1 aliphatic heterocycles. The van der Waals surface area contributed by atoms with Gasteiger partial charge in [-0.1, -0.05) is 19.3 Å². The number of nitrogens with zero attached hydrogens (tertiary/aromatic N) is 1. The van der Waals surface area contributed by atoms with Crippen molar-refractivity contribution in [1.82, 2.24) is 26.1 Å². The van der Waals surface area contributed by atoms with Gasteiger partial charge in [0.25, 0.3) is 5.91 Å². The van der Waals surface area contributed by atoms with E-state index >= 15 is 0 Å². The van der Waals surface area contributed by atoms with Crippen LogP contribution in [0.5, 0.6) is 0 Å². The SMILES string of the molecule is Cl.O=C(CNC(=O)c1n[nH]c2c1CNCC2)NC1CCCCC1. The summed E-state index contributed by atoms with van der Waals surface area (Å²) in [5.74, 6) is -0.414. The zero-order valence-electron chi connectivity index (χ0n) is 13.1. The van der Waals surface area contributed by atoms with E-state index in [1.165, 1.54) is 19.3 Å². The van der Waals surface area contributed by atoms with Gasteiger partial charge >= 0.3 is 0 Å². The van der Waals surface area contributed by atoms with Crippen molar-refractivity contribution in [1.29, 1.82) is 0 Å². The van der Waals surface area contributed by atoms with Gasteiger partial charge in [0.05, 0.1) is 6.54 Å². The summed E-state index contributed by atoms with van der Waals surface area (Å²) in [6.07, 6.45) is 6.52. The first-order valence-corrected chi connectivity index (χ1v) is 8.08. The lowest BCUT2D eigenvalue weighted by Crippen LogP contribution is -2.43. The Morgan fingerprint density at radius 1 is 1.22 bits per heavy atom. The van der Waals surface area contributed by atoms with Crippen LogP contribution in [0.1, 0.15) is 53.8 Å². The van der Waals surface area contributed by atoms with E-state index in [0.29, 0.717) is 12.2 Å². The van der Waals surface area contributed by atoms with Crippen molar-refractivity contribution in [3.63, 3.8) is 0 Å². The number of fused-ring (bicyclic) bond motifs is 1. The molecule has 0 atom stereocenters. The highest BCUT2D eigenvalue weighted by molar-refractivity contribution is 5.96. The van der Waals surface area contributed by atoms with Gasteiger partial charge in [0.2, 0.25) is 5.91 Å². The molecule has 0 aromatic carbocycles. The van der Waals surface area contributed by atoms with E-state index in [-0.39, 0.29) is 36.8 Å². The third-order valence-corrected chi connectivity index (χ3v) is 4.40. The molecule has 8 heteroatoms. The molecule has 2 heterocycles. The minimum absolute atomic E-state index is 0. The second-order valence-electron chi connectivity index (χ2n) is 6.04. The first kappa shape index (κ1) is 17.7. The van der Waals surface area contributed by atoms with Crippen molar-refractivity contribution < 1.29 is 9.59 Å². The molecule has 1 aromatic rings. The van der Waals surface area contributed by atoms with E-state index < -0.39 is 0 Å². The van der Waals surface area contributed by atoms with Crippen molar-refractivity contribution in [3.8, 4) is 0 Å². The average molecular weight is 342 g/mol. The maximum Gasteiger partial charge on any atom is 0.272 e. The van der Waals surface area contributed by atoms with Gasteiger partial charge in [-0.05, 0) is 12.8 Å². The number of aromatic nitrogens is 2. The number of hydrogen-bond acceptors (Lipinski definition) is 4. The molecule has 0 bridgehead atoms. The van der Waals surface area contributed by atoms with Crippen molar-refractivity contribution >= 4 is 24.2 Å². The smallest absolute Gasteiger partial charge is 0.272 e. The quantitative estimate of drug-likeness (QED) is 0.646. The predicted molar refractivity (Wildman–Crippen MR) is 88.6 cm³/mol. The third kappa shape index (κ3) is 4.45. The van der Waals surface area contributed by atoms with Gasteiger partial charge in [-0.3, -0.25) is 14.7 Å². The Morgan fingerprint density at radius 3 is 2.78 bits per heavy atom. The fourth-order valence-corrected chi connectivity index (χ4v) is 3.18. The topological polar surface area (TPSA) is 98.9 Å². The number of carbonyl (C=O) groups excluding carboxylic acids is 2. The standard InChI is InChI=1S/C15H23N5O2.ClH/c21-13(18-10-4-2-1-3-5-10)9-17-15(22)14-11-8-16-7-6-12(11)19-20-14;/h10,16H,1-9H2,(H,17,22)(H,18,21)(H,19,20);1H. The van der Waals surface area contributed by atoms with Crippen molar-refractivity contribution in [2.24, 2.45) is 0 Å². The number of halogens is 1. The number of H-pyrrole nitrogens is 1. The monoisotopic (exact) mass is 341 g/mol. The van der Waals surface area contributed by atoms with Gasteiger partial charge in [0.1, 0.15) is 0 Å². The summed E-state index contributed by atoms with van der Waals surface area (Å²) in [6, 6.07) is 0.264. The molecule has 128 valence electrons. The summed E-state index contributed by atoms with van der Waals surface area (Å²) in [5, 5.41) is 15.9. The van der Waals surface area contributed by atoms with Crippen LogP contribution in [-0.4, -0.2) is 41.1 Å². The summed E-state index contributed by atoms with van der Waals surface area (Å²) < 4.78 is 0. The largest absolute Gasteiger partial charge is 0.352 e. The number of carbonyl (C=O) groups is 2. The van der Waals surface area contributed by atoms with Crippen LogP contribution in [-0.2, 0) is 17.8 Å². The van der Waals surface area contributed by atoms with Crippen LogP contribution in [0.25, 0.3) is 0 Å². The Hall–Kier alpha value is -1.60. The van der Waals surface area contributed by atoms with Crippen LogP contribution in [0.4, 0.5) is 0 Å². The highest BCUT2D eigenvalue weighted by Crippen LogP contribution is 2.17. The predicted octanol–water partition coefficient (Wildman–Crippen LogP) is 0.656. The van der Waals surface area contributed by atoms with Crippen molar-refractivity contribution in [3.05, 3.63) is 17.0 Å². The number of hydrogen-bond donors (Lipinski definition) is 4. The van der Waals surface area contributed by atoms with E-state index in [2.05, 4.69) is 26.1 Å². The van der Waals surface area contributed by atoms with Crippen LogP contribution < -0.4 is 16.0 Å². The van der Waals surface area contributed by atoms with E-state index in [1.54, 1.807) is 0 Å². The van der Waals surface area contributed by atoms with E-state index in [0.717, 1.165) is 37.1 Å².